The fraction of sp³-hybridized carbons (Fsp3) is 0.667. The minimum atomic E-state index is -0.201. The third-order valence-electron chi connectivity index (χ3n) is 4.52. The van der Waals surface area contributed by atoms with E-state index in [9.17, 15) is 4.79 Å². The fourth-order valence-corrected chi connectivity index (χ4v) is 3.21. The third-order valence-corrected chi connectivity index (χ3v) is 4.52. The number of anilines is 2. The average molecular weight is 348 g/mol. The van der Waals surface area contributed by atoms with Gasteiger partial charge in [0.15, 0.2) is 5.82 Å². The van der Waals surface area contributed by atoms with Gasteiger partial charge in [-0.25, -0.2) is 9.78 Å². The smallest absolute Gasteiger partial charge is 0.319 e. The van der Waals surface area contributed by atoms with Crippen molar-refractivity contribution in [1.29, 1.82) is 0 Å². The first-order valence-corrected chi connectivity index (χ1v) is 9.27. The molecule has 0 aliphatic carbocycles. The molecule has 2 N–H and O–H groups in total. The van der Waals surface area contributed by atoms with Crippen LogP contribution in [0.2, 0.25) is 0 Å². The summed E-state index contributed by atoms with van der Waals surface area (Å²) in [5, 5.41) is 5.78. The van der Waals surface area contributed by atoms with Gasteiger partial charge >= 0.3 is 6.03 Å². The Kier molecular flexibility index (Phi) is 6.88. The zero-order chi connectivity index (χ0) is 17.3. The van der Waals surface area contributed by atoms with Crippen LogP contribution in [0.4, 0.5) is 16.3 Å². The Morgan fingerprint density at radius 2 is 2.24 bits per heavy atom. The highest BCUT2D eigenvalue weighted by atomic mass is 16.5. The highest BCUT2D eigenvalue weighted by Crippen LogP contribution is 2.25. The molecule has 2 saturated heterocycles. The number of carbonyl (C=O) groups excluding carboxylic acids is 1. The quantitative estimate of drug-likeness (QED) is 0.706. The summed E-state index contributed by atoms with van der Waals surface area (Å²) in [5.74, 6) is 0.857. The number of nitrogens with one attached hydrogen (secondary N) is 2. The van der Waals surface area contributed by atoms with E-state index >= 15 is 0 Å². The van der Waals surface area contributed by atoms with Gasteiger partial charge in [-0.1, -0.05) is 0 Å². The predicted molar refractivity (Wildman–Crippen MR) is 97.1 cm³/mol. The number of hydrogen-bond acceptors (Lipinski definition) is 5. The number of pyridine rings is 1. The molecule has 0 radical (unpaired) electrons. The topological polar surface area (TPSA) is 75.7 Å². The van der Waals surface area contributed by atoms with Crippen molar-refractivity contribution >= 4 is 17.5 Å². The molecule has 2 aliphatic heterocycles. The number of carbonyl (C=O) groups is 1. The molecule has 0 spiro atoms. The summed E-state index contributed by atoms with van der Waals surface area (Å²) in [4.78, 5) is 18.7. The molecule has 0 saturated carbocycles. The molecule has 2 aliphatic rings. The van der Waals surface area contributed by atoms with E-state index in [2.05, 4.69) is 20.5 Å². The van der Waals surface area contributed by atoms with E-state index in [1.807, 2.05) is 12.1 Å². The van der Waals surface area contributed by atoms with E-state index in [1.165, 1.54) is 12.8 Å². The largest absolute Gasteiger partial charge is 0.379 e. The minimum Gasteiger partial charge on any atom is -0.379 e. The molecule has 1 unspecified atom stereocenters. The zero-order valence-corrected chi connectivity index (χ0v) is 14.7. The molecule has 0 bridgehead atoms. The summed E-state index contributed by atoms with van der Waals surface area (Å²) < 4.78 is 11.1. The van der Waals surface area contributed by atoms with Crippen molar-refractivity contribution in [1.82, 2.24) is 10.3 Å². The van der Waals surface area contributed by atoms with Gasteiger partial charge in [0, 0.05) is 39.0 Å². The molecule has 1 atom stereocenters. The van der Waals surface area contributed by atoms with Crippen molar-refractivity contribution < 1.29 is 14.3 Å². The summed E-state index contributed by atoms with van der Waals surface area (Å²) in [6, 6.07) is 3.53. The Hall–Kier alpha value is -1.86. The number of hydrogen-bond donors (Lipinski definition) is 2. The van der Waals surface area contributed by atoms with Crippen molar-refractivity contribution in [3.8, 4) is 0 Å². The van der Waals surface area contributed by atoms with Crippen LogP contribution in [-0.4, -0.2) is 56.6 Å². The Bertz CT molecular complexity index is 543. The third kappa shape index (κ3) is 5.57. The van der Waals surface area contributed by atoms with Crippen LogP contribution in [0.15, 0.2) is 18.3 Å². The lowest BCUT2D eigenvalue weighted by molar-refractivity contribution is 0.0168. The van der Waals surface area contributed by atoms with E-state index in [1.54, 1.807) is 6.20 Å². The first-order chi connectivity index (χ1) is 12.3. The molecule has 7 nitrogen and oxygen atoms in total. The second-order valence-corrected chi connectivity index (χ2v) is 6.51. The van der Waals surface area contributed by atoms with Crippen LogP contribution in [0, 0.1) is 0 Å². The number of urea groups is 1. The predicted octanol–water partition coefficient (Wildman–Crippen LogP) is 2.39. The molecule has 1 aromatic rings. The van der Waals surface area contributed by atoms with Crippen molar-refractivity contribution in [3.63, 3.8) is 0 Å². The van der Waals surface area contributed by atoms with Gasteiger partial charge in [-0.3, -0.25) is 0 Å². The van der Waals surface area contributed by atoms with Gasteiger partial charge in [0.05, 0.1) is 18.4 Å². The Balaban J connectivity index is 1.33. The van der Waals surface area contributed by atoms with E-state index in [4.69, 9.17) is 9.47 Å². The van der Waals surface area contributed by atoms with Gasteiger partial charge in [0.2, 0.25) is 0 Å². The zero-order valence-electron chi connectivity index (χ0n) is 14.7. The van der Waals surface area contributed by atoms with Crippen molar-refractivity contribution in [2.75, 3.05) is 49.7 Å². The summed E-state index contributed by atoms with van der Waals surface area (Å²) in [7, 11) is 0. The molecule has 3 heterocycles. The number of rotatable bonds is 8. The summed E-state index contributed by atoms with van der Waals surface area (Å²) in [5.41, 5.74) is 0.761. The lowest BCUT2D eigenvalue weighted by atomic mass is 10.2. The molecule has 1 aromatic heterocycles. The average Bonchev–Trinajstić information content (AvgIpc) is 3.32. The lowest BCUT2D eigenvalue weighted by Crippen LogP contribution is -2.31. The lowest BCUT2D eigenvalue weighted by Gasteiger charge is -2.20. The normalized spacial score (nSPS) is 20.0. The van der Waals surface area contributed by atoms with Crippen molar-refractivity contribution in [3.05, 3.63) is 18.3 Å². The second-order valence-electron chi connectivity index (χ2n) is 6.51. The molecule has 25 heavy (non-hydrogen) atoms. The van der Waals surface area contributed by atoms with Gasteiger partial charge in [0.1, 0.15) is 0 Å². The van der Waals surface area contributed by atoms with Gasteiger partial charge in [-0.05, 0) is 44.2 Å². The Labute approximate surface area is 149 Å². The Morgan fingerprint density at radius 1 is 1.36 bits per heavy atom. The highest BCUT2D eigenvalue weighted by molar-refractivity contribution is 5.92. The van der Waals surface area contributed by atoms with Crippen molar-refractivity contribution in [2.45, 2.75) is 38.2 Å². The molecule has 2 amide bonds. The fourth-order valence-electron chi connectivity index (χ4n) is 3.21. The second kappa shape index (κ2) is 9.58. The van der Waals surface area contributed by atoms with Crippen LogP contribution in [0.5, 0.6) is 0 Å². The van der Waals surface area contributed by atoms with Gasteiger partial charge in [-0.2, -0.15) is 0 Å². The van der Waals surface area contributed by atoms with Gasteiger partial charge in [0.25, 0.3) is 0 Å². The number of ether oxygens (including phenoxy) is 2. The van der Waals surface area contributed by atoms with Crippen LogP contribution in [0.1, 0.15) is 32.1 Å². The molecule has 7 heteroatoms. The van der Waals surface area contributed by atoms with Gasteiger partial charge < -0.3 is 25.0 Å². The molecule has 0 aromatic carbocycles. The first kappa shape index (κ1) is 17.9. The summed E-state index contributed by atoms with van der Waals surface area (Å²) in [6.45, 7) is 4.71. The molecular formula is C18H28N4O3. The minimum absolute atomic E-state index is 0.201. The summed E-state index contributed by atoms with van der Waals surface area (Å²) >= 11 is 0. The maximum absolute atomic E-state index is 12.1. The standard InChI is InChI=1S/C18H28N4O3/c23-18(20-9-5-12-24-14-15-6-4-13-25-15)21-16-7-3-8-19-17(16)22-10-1-2-11-22/h3,7-8,15H,1-2,4-6,9-14H2,(H2,20,21,23). The molecular weight excluding hydrogens is 320 g/mol. The number of nitrogens with zero attached hydrogens (tertiary/aromatic N) is 2. The SMILES string of the molecule is O=C(NCCCOCC1CCCO1)Nc1cccnc1N1CCCC1. The van der Waals surface area contributed by atoms with Gasteiger partial charge in [-0.15, -0.1) is 0 Å². The maximum Gasteiger partial charge on any atom is 0.319 e. The maximum atomic E-state index is 12.1. The van der Waals surface area contributed by atoms with E-state index < -0.39 is 0 Å². The molecule has 138 valence electrons. The molecule has 3 rings (SSSR count). The van der Waals surface area contributed by atoms with E-state index in [-0.39, 0.29) is 12.1 Å². The highest BCUT2D eigenvalue weighted by Gasteiger charge is 2.18. The Morgan fingerprint density at radius 3 is 3.04 bits per heavy atom. The summed E-state index contributed by atoms with van der Waals surface area (Å²) in [6.07, 6.45) is 7.37. The van der Waals surface area contributed by atoms with E-state index in [0.29, 0.717) is 19.8 Å². The monoisotopic (exact) mass is 348 g/mol. The van der Waals surface area contributed by atoms with Crippen LogP contribution in [0.3, 0.4) is 0 Å². The molecule has 2 fully saturated rings. The van der Waals surface area contributed by atoms with E-state index in [0.717, 1.165) is 50.5 Å². The van der Waals surface area contributed by atoms with Crippen LogP contribution in [-0.2, 0) is 9.47 Å². The number of amides is 2. The number of aromatic nitrogens is 1. The van der Waals surface area contributed by atoms with Crippen LogP contribution in [0.25, 0.3) is 0 Å². The van der Waals surface area contributed by atoms with Crippen LogP contribution >= 0.6 is 0 Å². The first-order valence-electron chi connectivity index (χ1n) is 9.27. The van der Waals surface area contributed by atoms with Crippen molar-refractivity contribution in [2.24, 2.45) is 0 Å². The van der Waals surface area contributed by atoms with Crippen LogP contribution < -0.4 is 15.5 Å².